The fourth-order valence-electron chi connectivity index (χ4n) is 2.27. The molecule has 0 saturated heterocycles. The van der Waals surface area contributed by atoms with E-state index in [2.05, 4.69) is 4.98 Å². The van der Waals surface area contributed by atoms with Gasteiger partial charge in [-0.3, -0.25) is 9.78 Å². The van der Waals surface area contributed by atoms with Crippen LogP contribution in [0.2, 0.25) is 0 Å². The lowest BCUT2D eigenvalue weighted by atomic mass is 10.1. The number of hydrogen-bond acceptors (Lipinski definition) is 3. The highest BCUT2D eigenvalue weighted by Gasteiger charge is 2.16. The van der Waals surface area contributed by atoms with Gasteiger partial charge in [0.2, 0.25) is 0 Å². The largest absolute Gasteiger partial charge is 0.399 e. The van der Waals surface area contributed by atoms with E-state index in [9.17, 15) is 4.79 Å². The summed E-state index contributed by atoms with van der Waals surface area (Å²) in [6.45, 7) is 0. The molecule has 0 spiro atoms. The molecule has 0 unspecified atom stereocenters. The third-order valence-electron chi connectivity index (χ3n) is 3.45. The van der Waals surface area contributed by atoms with E-state index in [4.69, 9.17) is 5.73 Å². The lowest BCUT2D eigenvalue weighted by Gasteiger charge is -2.18. The summed E-state index contributed by atoms with van der Waals surface area (Å²) < 4.78 is 0. The second kappa shape index (κ2) is 5.25. The van der Waals surface area contributed by atoms with Gasteiger partial charge in [0.1, 0.15) is 0 Å². The van der Waals surface area contributed by atoms with Crippen LogP contribution in [0.3, 0.4) is 0 Å². The number of carbonyl (C=O) groups is 1. The topological polar surface area (TPSA) is 59.2 Å². The minimum Gasteiger partial charge on any atom is -0.399 e. The van der Waals surface area contributed by atoms with Crippen LogP contribution in [0.1, 0.15) is 10.4 Å². The smallest absolute Gasteiger partial charge is 0.260 e. The van der Waals surface area contributed by atoms with Gasteiger partial charge in [-0.2, -0.15) is 0 Å². The van der Waals surface area contributed by atoms with Crippen molar-refractivity contribution in [3.8, 4) is 0 Å². The van der Waals surface area contributed by atoms with Crippen LogP contribution in [0, 0.1) is 0 Å². The van der Waals surface area contributed by atoms with Crippen molar-refractivity contribution in [2.75, 3.05) is 17.7 Å². The van der Waals surface area contributed by atoms with Crippen LogP contribution in [-0.2, 0) is 0 Å². The molecule has 0 radical (unpaired) electrons. The third kappa shape index (κ3) is 2.43. The molecule has 2 aromatic carbocycles. The van der Waals surface area contributed by atoms with Crippen molar-refractivity contribution in [1.82, 2.24) is 4.98 Å². The van der Waals surface area contributed by atoms with Crippen molar-refractivity contribution in [1.29, 1.82) is 0 Å². The number of fused-ring (bicyclic) bond motifs is 1. The van der Waals surface area contributed by atoms with Crippen LogP contribution in [0.15, 0.2) is 60.8 Å². The summed E-state index contributed by atoms with van der Waals surface area (Å²) in [6, 6.07) is 16.6. The third-order valence-corrected chi connectivity index (χ3v) is 3.45. The maximum absolute atomic E-state index is 12.7. The Labute approximate surface area is 122 Å². The number of nitrogens with two attached hydrogens (primary N) is 1. The van der Waals surface area contributed by atoms with E-state index in [0.29, 0.717) is 16.8 Å². The first-order valence-electron chi connectivity index (χ1n) is 6.64. The Bertz CT molecular complexity index is 791. The fourth-order valence-corrected chi connectivity index (χ4v) is 2.27. The molecule has 0 aliphatic heterocycles. The Morgan fingerprint density at radius 3 is 2.52 bits per heavy atom. The average molecular weight is 277 g/mol. The number of amides is 1. The number of carbonyl (C=O) groups excluding carboxylic acids is 1. The van der Waals surface area contributed by atoms with Crippen molar-refractivity contribution in [2.45, 2.75) is 0 Å². The Morgan fingerprint density at radius 2 is 1.76 bits per heavy atom. The van der Waals surface area contributed by atoms with E-state index in [-0.39, 0.29) is 5.91 Å². The van der Waals surface area contributed by atoms with E-state index in [1.807, 2.05) is 36.4 Å². The molecule has 3 aromatic rings. The van der Waals surface area contributed by atoms with Gasteiger partial charge in [-0.15, -0.1) is 0 Å². The zero-order valence-corrected chi connectivity index (χ0v) is 11.7. The summed E-state index contributed by atoms with van der Waals surface area (Å²) in [5, 5.41) is 0.953. The van der Waals surface area contributed by atoms with Gasteiger partial charge in [0, 0.05) is 30.0 Å². The minimum atomic E-state index is -0.0935. The summed E-state index contributed by atoms with van der Waals surface area (Å²) in [5.41, 5.74) is 8.45. The van der Waals surface area contributed by atoms with Gasteiger partial charge in [0.15, 0.2) is 0 Å². The zero-order valence-electron chi connectivity index (χ0n) is 11.7. The molecule has 0 bridgehead atoms. The summed E-state index contributed by atoms with van der Waals surface area (Å²) in [5.74, 6) is -0.0935. The number of rotatable bonds is 2. The van der Waals surface area contributed by atoms with Gasteiger partial charge >= 0.3 is 0 Å². The molecule has 2 N–H and O–H groups in total. The number of nitrogen functional groups attached to an aromatic ring is 1. The van der Waals surface area contributed by atoms with Crippen LogP contribution < -0.4 is 10.6 Å². The molecule has 1 heterocycles. The standard InChI is InChI=1S/C17H15N3O/c1-20(14-9-7-13(18)8-10-14)17(21)15-6-2-4-12-5-3-11-19-16(12)15/h2-11H,18H2,1H3. The summed E-state index contributed by atoms with van der Waals surface area (Å²) in [7, 11) is 1.75. The number of benzene rings is 2. The van der Waals surface area contributed by atoms with Gasteiger partial charge in [0.25, 0.3) is 5.91 Å². The Hall–Kier alpha value is -2.88. The molecule has 0 fully saturated rings. The van der Waals surface area contributed by atoms with Crippen molar-refractivity contribution in [2.24, 2.45) is 0 Å². The van der Waals surface area contributed by atoms with Crippen molar-refractivity contribution in [3.63, 3.8) is 0 Å². The maximum atomic E-state index is 12.7. The first-order chi connectivity index (χ1) is 10.2. The molecule has 4 heteroatoms. The molecule has 1 amide bonds. The fraction of sp³-hybridized carbons (Fsp3) is 0.0588. The van der Waals surface area contributed by atoms with E-state index < -0.39 is 0 Å². The van der Waals surface area contributed by atoms with Crippen molar-refractivity contribution in [3.05, 3.63) is 66.4 Å². The van der Waals surface area contributed by atoms with Crippen LogP contribution in [0.4, 0.5) is 11.4 Å². The van der Waals surface area contributed by atoms with Gasteiger partial charge < -0.3 is 10.6 Å². The van der Waals surface area contributed by atoms with Crippen LogP contribution >= 0.6 is 0 Å². The minimum absolute atomic E-state index is 0.0935. The van der Waals surface area contributed by atoms with Gasteiger partial charge in [-0.05, 0) is 36.4 Å². The normalized spacial score (nSPS) is 10.5. The molecule has 3 rings (SSSR count). The lowest BCUT2D eigenvalue weighted by Crippen LogP contribution is -2.26. The number of anilines is 2. The SMILES string of the molecule is CN(C(=O)c1cccc2cccnc12)c1ccc(N)cc1. The first-order valence-corrected chi connectivity index (χ1v) is 6.64. The molecule has 0 atom stereocenters. The Morgan fingerprint density at radius 1 is 1.05 bits per heavy atom. The van der Waals surface area contributed by atoms with E-state index in [0.717, 1.165) is 11.1 Å². The first kappa shape index (κ1) is 13.1. The maximum Gasteiger partial charge on any atom is 0.260 e. The number of aromatic nitrogens is 1. The summed E-state index contributed by atoms with van der Waals surface area (Å²) >= 11 is 0. The number of hydrogen-bond donors (Lipinski definition) is 1. The van der Waals surface area contributed by atoms with Crippen LogP contribution in [-0.4, -0.2) is 17.9 Å². The molecule has 104 valence electrons. The average Bonchev–Trinajstić information content (AvgIpc) is 2.53. The van der Waals surface area contributed by atoms with Crippen molar-refractivity contribution >= 4 is 28.2 Å². The highest BCUT2D eigenvalue weighted by atomic mass is 16.2. The van der Waals surface area contributed by atoms with E-state index in [1.165, 1.54) is 0 Å². The summed E-state index contributed by atoms with van der Waals surface area (Å²) in [4.78, 5) is 18.6. The second-order valence-electron chi connectivity index (χ2n) is 4.84. The quantitative estimate of drug-likeness (QED) is 0.732. The highest BCUT2D eigenvalue weighted by Crippen LogP contribution is 2.21. The zero-order chi connectivity index (χ0) is 14.8. The molecular formula is C17H15N3O. The molecule has 21 heavy (non-hydrogen) atoms. The number of pyridine rings is 1. The van der Waals surface area contributed by atoms with Crippen molar-refractivity contribution < 1.29 is 4.79 Å². The van der Waals surface area contributed by atoms with Crippen LogP contribution in [0.25, 0.3) is 10.9 Å². The predicted octanol–water partition coefficient (Wildman–Crippen LogP) is 3.09. The van der Waals surface area contributed by atoms with Gasteiger partial charge in [-0.25, -0.2) is 0 Å². The Balaban J connectivity index is 2.02. The monoisotopic (exact) mass is 277 g/mol. The number of para-hydroxylation sites is 1. The molecule has 4 nitrogen and oxygen atoms in total. The summed E-state index contributed by atoms with van der Waals surface area (Å²) in [6.07, 6.45) is 1.70. The molecule has 1 aromatic heterocycles. The number of nitrogens with zero attached hydrogens (tertiary/aromatic N) is 2. The highest BCUT2D eigenvalue weighted by molar-refractivity contribution is 6.12. The van der Waals surface area contributed by atoms with Gasteiger partial charge in [-0.1, -0.05) is 18.2 Å². The molecule has 0 saturated carbocycles. The molecular weight excluding hydrogens is 262 g/mol. The van der Waals surface area contributed by atoms with E-state index >= 15 is 0 Å². The van der Waals surface area contributed by atoms with E-state index in [1.54, 1.807) is 36.3 Å². The molecule has 0 aliphatic carbocycles. The second-order valence-corrected chi connectivity index (χ2v) is 4.84. The Kier molecular flexibility index (Phi) is 3.28. The van der Waals surface area contributed by atoms with Gasteiger partial charge in [0.05, 0.1) is 11.1 Å². The predicted molar refractivity (Wildman–Crippen MR) is 85.3 cm³/mol. The molecule has 0 aliphatic rings. The van der Waals surface area contributed by atoms with Crippen LogP contribution in [0.5, 0.6) is 0 Å². The lowest BCUT2D eigenvalue weighted by molar-refractivity contribution is 0.0994.